The van der Waals surface area contributed by atoms with E-state index in [9.17, 15) is 4.79 Å². The van der Waals surface area contributed by atoms with E-state index in [4.69, 9.17) is 21.1 Å². The van der Waals surface area contributed by atoms with Crippen LogP contribution in [-0.2, 0) is 6.42 Å². The van der Waals surface area contributed by atoms with Crippen LogP contribution < -0.4 is 14.8 Å². The molecule has 136 valence electrons. The average Bonchev–Trinajstić information content (AvgIpc) is 3.10. The van der Waals surface area contributed by atoms with Gasteiger partial charge in [-0.25, -0.2) is 4.98 Å². The highest BCUT2D eigenvalue weighted by atomic mass is 35.5. The summed E-state index contributed by atoms with van der Waals surface area (Å²) in [5.74, 6) is 2.17. The molecule has 1 aliphatic heterocycles. The molecule has 3 aromatic rings. The minimum Gasteiger partial charge on any atom is -0.488 e. The van der Waals surface area contributed by atoms with Gasteiger partial charge in [0.2, 0.25) is 0 Å². The van der Waals surface area contributed by atoms with Crippen LogP contribution in [0.3, 0.4) is 0 Å². The van der Waals surface area contributed by atoms with Gasteiger partial charge in [0.05, 0.1) is 12.1 Å². The fourth-order valence-electron chi connectivity index (χ4n) is 2.92. The van der Waals surface area contributed by atoms with Gasteiger partial charge in [0.15, 0.2) is 0 Å². The lowest BCUT2D eigenvalue weighted by Gasteiger charge is -2.11. The minimum atomic E-state index is -0.202. The van der Waals surface area contributed by atoms with Gasteiger partial charge in [-0.05, 0) is 42.5 Å². The summed E-state index contributed by atoms with van der Waals surface area (Å²) in [6.07, 6.45) is 2.05. The Morgan fingerprint density at radius 3 is 2.78 bits per heavy atom. The van der Waals surface area contributed by atoms with Crippen LogP contribution in [0.2, 0.25) is 5.15 Å². The number of pyridine rings is 1. The molecule has 1 amide bonds. The van der Waals surface area contributed by atoms with E-state index in [-0.39, 0.29) is 12.0 Å². The van der Waals surface area contributed by atoms with Crippen LogP contribution in [0.1, 0.15) is 15.9 Å². The van der Waals surface area contributed by atoms with E-state index in [2.05, 4.69) is 10.3 Å². The van der Waals surface area contributed by atoms with Crippen LogP contribution in [0.4, 0.5) is 0 Å². The van der Waals surface area contributed by atoms with Gasteiger partial charge in [-0.1, -0.05) is 29.8 Å². The van der Waals surface area contributed by atoms with E-state index in [1.807, 2.05) is 48.5 Å². The highest BCUT2D eigenvalue weighted by Gasteiger charge is 2.24. The Morgan fingerprint density at radius 2 is 2.00 bits per heavy atom. The summed E-state index contributed by atoms with van der Waals surface area (Å²) in [7, 11) is 0. The summed E-state index contributed by atoms with van der Waals surface area (Å²) >= 11 is 5.74. The first-order chi connectivity index (χ1) is 13.2. The first-order valence-electron chi connectivity index (χ1n) is 8.59. The second-order valence-corrected chi connectivity index (χ2v) is 6.60. The number of ether oxygens (including phenoxy) is 2. The van der Waals surface area contributed by atoms with Crippen molar-refractivity contribution >= 4 is 17.5 Å². The molecule has 0 aliphatic carbocycles. The van der Waals surface area contributed by atoms with E-state index >= 15 is 0 Å². The standard InChI is InChI=1S/C21H17ClN2O3/c22-20-9-6-14(12-23-20)21(25)24-13-18-11-15-10-17(7-8-19(15)27-18)26-16-4-2-1-3-5-16/h1-10,12,18H,11,13H2,(H,24,25)/t18-/m0/s1. The zero-order chi connectivity index (χ0) is 18.6. The molecule has 1 atom stereocenters. The van der Waals surface area contributed by atoms with Gasteiger partial charge in [-0.15, -0.1) is 0 Å². The smallest absolute Gasteiger partial charge is 0.252 e. The molecule has 1 N–H and O–H groups in total. The van der Waals surface area contributed by atoms with Crippen molar-refractivity contribution in [2.24, 2.45) is 0 Å². The number of aromatic nitrogens is 1. The van der Waals surface area contributed by atoms with Crippen molar-refractivity contribution in [3.8, 4) is 17.2 Å². The molecule has 5 nitrogen and oxygen atoms in total. The molecule has 0 radical (unpaired) electrons. The zero-order valence-electron chi connectivity index (χ0n) is 14.4. The lowest BCUT2D eigenvalue weighted by Crippen LogP contribution is -2.34. The van der Waals surface area contributed by atoms with Crippen LogP contribution in [0.25, 0.3) is 0 Å². The maximum absolute atomic E-state index is 12.2. The molecule has 0 saturated carbocycles. The Balaban J connectivity index is 1.35. The van der Waals surface area contributed by atoms with E-state index in [0.717, 1.165) is 22.8 Å². The summed E-state index contributed by atoms with van der Waals surface area (Å²) < 4.78 is 11.8. The number of carbonyl (C=O) groups is 1. The molecular weight excluding hydrogens is 364 g/mol. The first-order valence-corrected chi connectivity index (χ1v) is 8.97. The fourth-order valence-corrected chi connectivity index (χ4v) is 3.03. The summed E-state index contributed by atoms with van der Waals surface area (Å²) in [4.78, 5) is 16.1. The lowest BCUT2D eigenvalue weighted by molar-refractivity contribution is 0.0933. The maximum atomic E-state index is 12.2. The van der Waals surface area contributed by atoms with Gasteiger partial charge >= 0.3 is 0 Å². The molecule has 0 fully saturated rings. The number of para-hydroxylation sites is 1. The average molecular weight is 381 g/mol. The number of rotatable bonds is 5. The molecule has 27 heavy (non-hydrogen) atoms. The molecule has 6 heteroatoms. The molecule has 0 spiro atoms. The number of fused-ring (bicyclic) bond motifs is 1. The van der Waals surface area contributed by atoms with Crippen LogP contribution in [0.15, 0.2) is 66.9 Å². The van der Waals surface area contributed by atoms with Gasteiger partial charge in [-0.2, -0.15) is 0 Å². The number of hydrogen-bond donors (Lipinski definition) is 1. The maximum Gasteiger partial charge on any atom is 0.252 e. The first kappa shape index (κ1) is 17.4. The largest absolute Gasteiger partial charge is 0.488 e. The van der Waals surface area contributed by atoms with Crippen molar-refractivity contribution in [1.29, 1.82) is 0 Å². The van der Waals surface area contributed by atoms with Gasteiger partial charge in [-0.3, -0.25) is 4.79 Å². The summed E-state index contributed by atoms with van der Waals surface area (Å²) in [5.41, 5.74) is 1.53. The predicted molar refractivity (Wildman–Crippen MR) is 103 cm³/mol. The summed E-state index contributed by atoms with van der Waals surface area (Å²) in [6.45, 7) is 0.408. The van der Waals surface area contributed by atoms with Crippen LogP contribution in [0.5, 0.6) is 17.2 Å². The van der Waals surface area contributed by atoms with Crippen LogP contribution in [0, 0.1) is 0 Å². The Bertz CT molecular complexity index is 945. The number of halogens is 1. The topological polar surface area (TPSA) is 60.5 Å². The Labute approximate surface area is 161 Å². The molecule has 0 bridgehead atoms. The second kappa shape index (κ2) is 7.68. The number of carbonyl (C=O) groups excluding carboxylic acids is 1. The van der Waals surface area contributed by atoms with E-state index < -0.39 is 0 Å². The molecular formula is C21H17ClN2O3. The van der Waals surface area contributed by atoms with Crippen LogP contribution >= 0.6 is 11.6 Å². The SMILES string of the molecule is O=C(NC[C@@H]1Cc2cc(Oc3ccccc3)ccc2O1)c1ccc(Cl)nc1. The molecule has 4 rings (SSSR count). The van der Waals surface area contributed by atoms with Gasteiger partial charge in [0.1, 0.15) is 28.5 Å². The summed E-state index contributed by atoms with van der Waals surface area (Å²) in [5, 5.41) is 3.23. The highest BCUT2D eigenvalue weighted by molar-refractivity contribution is 6.29. The molecule has 1 aromatic heterocycles. The normalized spacial score (nSPS) is 14.9. The molecule has 2 heterocycles. The molecule has 0 unspecified atom stereocenters. The third-order valence-corrected chi connectivity index (χ3v) is 4.46. The minimum absolute atomic E-state index is 0.115. The number of nitrogens with one attached hydrogen (secondary N) is 1. The van der Waals surface area contributed by atoms with Gasteiger partial charge in [0, 0.05) is 18.2 Å². The lowest BCUT2D eigenvalue weighted by atomic mass is 10.1. The number of benzene rings is 2. The molecule has 0 saturated heterocycles. The van der Waals surface area contributed by atoms with Crippen molar-refractivity contribution in [3.63, 3.8) is 0 Å². The quantitative estimate of drug-likeness (QED) is 0.672. The number of amides is 1. The second-order valence-electron chi connectivity index (χ2n) is 6.21. The van der Waals surface area contributed by atoms with Crippen molar-refractivity contribution in [2.45, 2.75) is 12.5 Å². The third kappa shape index (κ3) is 4.20. The summed E-state index contributed by atoms with van der Waals surface area (Å²) in [6, 6.07) is 18.6. The van der Waals surface area contributed by atoms with Gasteiger partial charge in [0.25, 0.3) is 5.91 Å². The monoisotopic (exact) mass is 380 g/mol. The van der Waals surface area contributed by atoms with Crippen molar-refractivity contribution in [2.75, 3.05) is 6.54 Å². The number of hydrogen-bond acceptors (Lipinski definition) is 4. The fraction of sp³-hybridized carbons (Fsp3) is 0.143. The van der Waals surface area contributed by atoms with Crippen molar-refractivity contribution in [3.05, 3.63) is 83.1 Å². The van der Waals surface area contributed by atoms with E-state index in [1.54, 1.807) is 12.1 Å². The highest BCUT2D eigenvalue weighted by Crippen LogP contribution is 2.33. The van der Waals surface area contributed by atoms with E-state index in [1.165, 1.54) is 6.20 Å². The van der Waals surface area contributed by atoms with E-state index in [0.29, 0.717) is 23.7 Å². The molecule has 1 aliphatic rings. The molecule has 2 aromatic carbocycles. The Kier molecular flexibility index (Phi) is 4.94. The van der Waals surface area contributed by atoms with Gasteiger partial charge < -0.3 is 14.8 Å². The third-order valence-electron chi connectivity index (χ3n) is 4.23. The van der Waals surface area contributed by atoms with Crippen LogP contribution in [-0.4, -0.2) is 23.5 Å². The Hall–Kier alpha value is -3.05. The predicted octanol–water partition coefficient (Wildman–Crippen LogP) is 4.26. The Morgan fingerprint density at radius 1 is 1.15 bits per heavy atom. The van der Waals surface area contributed by atoms with Crippen molar-refractivity contribution < 1.29 is 14.3 Å². The zero-order valence-corrected chi connectivity index (χ0v) is 15.1. The number of nitrogens with zero attached hydrogens (tertiary/aromatic N) is 1. The van der Waals surface area contributed by atoms with Crippen molar-refractivity contribution in [1.82, 2.24) is 10.3 Å².